The summed E-state index contributed by atoms with van der Waals surface area (Å²) in [4.78, 5) is 22.6. The van der Waals surface area contributed by atoms with E-state index in [2.05, 4.69) is 5.32 Å². The highest BCUT2D eigenvalue weighted by molar-refractivity contribution is 5.97. The summed E-state index contributed by atoms with van der Waals surface area (Å²) in [5.41, 5.74) is 5.58. The number of hydrogen-bond donors (Lipinski definition) is 3. The Morgan fingerprint density at radius 3 is 2.63 bits per heavy atom. The molecule has 0 bridgehead atoms. The van der Waals surface area contributed by atoms with Gasteiger partial charge in [0.15, 0.2) is 0 Å². The van der Waals surface area contributed by atoms with Gasteiger partial charge in [0.05, 0.1) is 0 Å². The molecule has 0 saturated carbocycles. The van der Waals surface area contributed by atoms with Crippen LogP contribution in [0.3, 0.4) is 0 Å². The van der Waals surface area contributed by atoms with Gasteiger partial charge in [0.2, 0.25) is 11.8 Å². The van der Waals surface area contributed by atoms with Gasteiger partial charge in [0.1, 0.15) is 5.82 Å². The molecule has 19 heavy (non-hydrogen) atoms. The fraction of sp³-hybridized carbons (Fsp3) is 0.385. The molecule has 0 heterocycles. The van der Waals surface area contributed by atoms with E-state index in [0.29, 0.717) is 12.8 Å². The number of nitrogens with two attached hydrogens (primary N) is 1. The lowest BCUT2D eigenvalue weighted by Gasteiger charge is -2.10. The molecule has 0 saturated heterocycles. The van der Waals surface area contributed by atoms with Crippen LogP contribution >= 0.6 is 0 Å². The van der Waals surface area contributed by atoms with E-state index >= 15 is 0 Å². The highest BCUT2D eigenvalue weighted by Gasteiger charge is 2.12. The second-order valence-corrected chi connectivity index (χ2v) is 4.22. The summed E-state index contributed by atoms with van der Waals surface area (Å²) in [6, 6.07) is 2.39. The lowest BCUT2D eigenvalue weighted by Crippen LogP contribution is -2.16. The third-order valence-corrected chi connectivity index (χ3v) is 2.71. The Bertz CT molecular complexity index is 489. The Morgan fingerprint density at radius 2 is 2.05 bits per heavy atom. The molecule has 0 spiro atoms. The van der Waals surface area contributed by atoms with E-state index < -0.39 is 11.7 Å². The van der Waals surface area contributed by atoms with Gasteiger partial charge in [-0.2, -0.15) is 0 Å². The van der Waals surface area contributed by atoms with Crippen molar-refractivity contribution in [2.75, 3.05) is 11.9 Å². The van der Waals surface area contributed by atoms with Gasteiger partial charge in [-0.1, -0.05) is 0 Å². The standard InChI is InChI=1S/C13H17FN2O3/c1-8-10(14)6-9(13(15)19)7-11(8)16-12(18)4-2-3-5-17/h6-7,17H,2-5H2,1H3,(H2,15,19)(H,16,18). The van der Waals surface area contributed by atoms with E-state index in [9.17, 15) is 14.0 Å². The Hall–Kier alpha value is -1.95. The molecule has 1 rings (SSSR count). The summed E-state index contributed by atoms with van der Waals surface area (Å²) in [5.74, 6) is -1.64. The maximum atomic E-state index is 13.6. The number of carbonyl (C=O) groups excluding carboxylic acids is 2. The fourth-order valence-electron chi connectivity index (χ4n) is 1.56. The first kappa shape index (κ1) is 15.1. The van der Waals surface area contributed by atoms with E-state index in [4.69, 9.17) is 10.8 Å². The quantitative estimate of drug-likeness (QED) is 0.680. The maximum absolute atomic E-state index is 13.6. The van der Waals surface area contributed by atoms with Crippen LogP contribution in [0.1, 0.15) is 35.2 Å². The number of unbranched alkanes of at least 4 members (excludes halogenated alkanes) is 1. The van der Waals surface area contributed by atoms with Gasteiger partial charge in [0.25, 0.3) is 0 Å². The van der Waals surface area contributed by atoms with Crippen molar-refractivity contribution in [3.05, 3.63) is 29.1 Å². The number of halogens is 1. The van der Waals surface area contributed by atoms with Gasteiger partial charge < -0.3 is 16.2 Å². The average molecular weight is 268 g/mol. The van der Waals surface area contributed by atoms with E-state index in [1.807, 2.05) is 0 Å². The predicted molar refractivity (Wildman–Crippen MR) is 69.2 cm³/mol. The number of benzene rings is 1. The van der Waals surface area contributed by atoms with Crippen LogP contribution in [-0.2, 0) is 4.79 Å². The molecule has 6 heteroatoms. The van der Waals surface area contributed by atoms with E-state index in [-0.39, 0.29) is 35.7 Å². The second kappa shape index (κ2) is 6.84. The first-order valence-electron chi connectivity index (χ1n) is 5.96. The van der Waals surface area contributed by atoms with Crippen molar-refractivity contribution < 1.29 is 19.1 Å². The van der Waals surface area contributed by atoms with Crippen LogP contribution in [0.4, 0.5) is 10.1 Å². The normalized spacial score (nSPS) is 10.3. The maximum Gasteiger partial charge on any atom is 0.248 e. The van der Waals surface area contributed by atoms with E-state index in [1.54, 1.807) is 0 Å². The molecule has 0 unspecified atom stereocenters. The Kier molecular flexibility index (Phi) is 5.44. The summed E-state index contributed by atoms with van der Waals surface area (Å²) >= 11 is 0. The molecule has 0 radical (unpaired) electrons. The van der Waals surface area contributed by atoms with Gasteiger partial charge in [-0.15, -0.1) is 0 Å². The molecule has 0 aliphatic heterocycles. The third-order valence-electron chi connectivity index (χ3n) is 2.71. The Morgan fingerprint density at radius 1 is 1.37 bits per heavy atom. The van der Waals surface area contributed by atoms with Crippen LogP contribution in [0, 0.1) is 12.7 Å². The molecule has 0 atom stereocenters. The van der Waals surface area contributed by atoms with Crippen molar-refractivity contribution in [1.29, 1.82) is 0 Å². The van der Waals surface area contributed by atoms with Crippen molar-refractivity contribution in [2.24, 2.45) is 5.73 Å². The third kappa shape index (κ3) is 4.33. The predicted octanol–water partition coefficient (Wildman–Crippen LogP) is 1.33. The Labute approximate surface area is 110 Å². The topological polar surface area (TPSA) is 92.4 Å². The number of primary amides is 1. The van der Waals surface area contributed by atoms with Gasteiger partial charge in [0, 0.05) is 29.8 Å². The fourth-order valence-corrected chi connectivity index (χ4v) is 1.56. The first-order chi connectivity index (χ1) is 8.95. The number of nitrogens with one attached hydrogen (secondary N) is 1. The number of aliphatic hydroxyl groups excluding tert-OH is 1. The highest BCUT2D eigenvalue weighted by Crippen LogP contribution is 2.21. The average Bonchev–Trinajstić information content (AvgIpc) is 2.34. The minimum Gasteiger partial charge on any atom is -0.396 e. The van der Waals surface area contributed by atoms with Crippen molar-refractivity contribution in [3.8, 4) is 0 Å². The van der Waals surface area contributed by atoms with Gasteiger partial charge in [-0.25, -0.2) is 4.39 Å². The van der Waals surface area contributed by atoms with Crippen LogP contribution in [0.2, 0.25) is 0 Å². The van der Waals surface area contributed by atoms with E-state index in [0.717, 1.165) is 6.07 Å². The van der Waals surface area contributed by atoms with Crippen molar-refractivity contribution in [3.63, 3.8) is 0 Å². The van der Waals surface area contributed by atoms with Crippen LogP contribution < -0.4 is 11.1 Å². The molecule has 2 amide bonds. The molecule has 0 aliphatic rings. The van der Waals surface area contributed by atoms with Gasteiger partial charge in [-0.3, -0.25) is 9.59 Å². The molecule has 1 aromatic carbocycles. The summed E-state index contributed by atoms with van der Waals surface area (Å²) in [6.45, 7) is 1.53. The molecular weight excluding hydrogens is 251 g/mol. The summed E-state index contributed by atoms with van der Waals surface area (Å²) in [7, 11) is 0. The van der Waals surface area contributed by atoms with Gasteiger partial charge >= 0.3 is 0 Å². The molecule has 0 fully saturated rings. The molecular formula is C13H17FN2O3. The highest BCUT2D eigenvalue weighted by atomic mass is 19.1. The zero-order valence-electron chi connectivity index (χ0n) is 10.7. The molecule has 104 valence electrons. The first-order valence-corrected chi connectivity index (χ1v) is 5.96. The van der Waals surface area contributed by atoms with Crippen LogP contribution in [0.15, 0.2) is 12.1 Å². The smallest absolute Gasteiger partial charge is 0.248 e. The molecule has 5 nitrogen and oxygen atoms in total. The SMILES string of the molecule is Cc1c(F)cc(C(N)=O)cc1NC(=O)CCCCO. The molecule has 0 aliphatic carbocycles. The van der Waals surface area contributed by atoms with Crippen LogP contribution in [-0.4, -0.2) is 23.5 Å². The summed E-state index contributed by atoms with van der Waals surface area (Å²) in [5, 5.41) is 11.2. The van der Waals surface area contributed by atoms with Crippen molar-refractivity contribution >= 4 is 17.5 Å². The van der Waals surface area contributed by atoms with Crippen molar-refractivity contribution in [2.45, 2.75) is 26.2 Å². The second-order valence-electron chi connectivity index (χ2n) is 4.22. The number of hydrogen-bond acceptors (Lipinski definition) is 3. The summed E-state index contributed by atoms with van der Waals surface area (Å²) in [6.07, 6.45) is 1.30. The molecule has 1 aromatic rings. The number of carbonyl (C=O) groups is 2. The summed E-state index contributed by atoms with van der Waals surface area (Å²) < 4.78 is 13.6. The minimum atomic E-state index is -0.755. The lowest BCUT2D eigenvalue weighted by molar-refractivity contribution is -0.116. The van der Waals surface area contributed by atoms with E-state index in [1.165, 1.54) is 13.0 Å². The number of amides is 2. The largest absolute Gasteiger partial charge is 0.396 e. The minimum absolute atomic E-state index is 0.00811. The molecule has 4 N–H and O–H groups in total. The van der Waals surface area contributed by atoms with Crippen molar-refractivity contribution in [1.82, 2.24) is 0 Å². The number of anilines is 1. The van der Waals surface area contributed by atoms with Gasteiger partial charge in [-0.05, 0) is 31.9 Å². The zero-order valence-corrected chi connectivity index (χ0v) is 10.7. The monoisotopic (exact) mass is 268 g/mol. The Balaban J connectivity index is 2.82. The van der Waals surface area contributed by atoms with Crippen LogP contribution in [0.5, 0.6) is 0 Å². The number of aliphatic hydroxyl groups is 1. The molecule has 0 aromatic heterocycles. The zero-order chi connectivity index (χ0) is 14.4. The van der Waals surface area contributed by atoms with Crippen LogP contribution in [0.25, 0.3) is 0 Å². The lowest BCUT2D eigenvalue weighted by atomic mass is 10.1. The number of rotatable bonds is 6.